The van der Waals surface area contributed by atoms with E-state index in [4.69, 9.17) is 5.21 Å². The number of rotatable bonds is 4. The SMILES string of the molecule is CCCc1ccccc1S(=O)(=O)NO. The first kappa shape index (κ1) is 11.2. The second kappa shape index (κ2) is 4.54. The number of benzene rings is 1. The molecule has 0 spiro atoms. The van der Waals surface area contributed by atoms with Crippen LogP contribution in [0.2, 0.25) is 0 Å². The third kappa shape index (κ3) is 2.31. The van der Waals surface area contributed by atoms with Gasteiger partial charge in [-0.1, -0.05) is 36.4 Å². The lowest BCUT2D eigenvalue weighted by Gasteiger charge is -2.07. The minimum absolute atomic E-state index is 0.143. The van der Waals surface area contributed by atoms with Gasteiger partial charge in [-0.3, -0.25) is 0 Å². The molecule has 0 heterocycles. The van der Waals surface area contributed by atoms with Crippen LogP contribution in [-0.4, -0.2) is 13.6 Å². The third-order valence-corrected chi connectivity index (χ3v) is 3.12. The van der Waals surface area contributed by atoms with E-state index in [1.54, 1.807) is 18.2 Å². The fraction of sp³-hybridized carbons (Fsp3) is 0.333. The van der Waals surface area contributed by atoms with Gasteiger partial charge < -0.3 is 5.21 Å². The highest BCUT2D eigenvalue weighted by atomic mass is 32.2. The van der Waals surface area contributed by atoms with Crippen LogP contribution in [0.5, 0.6) is 0 Å². The van der Waals surface area contributed by atoms with E-state index in [1.807, 2.05) is 6.92 Å². The zero-order valence-corrected chi connectivity index (χ0v) is 8.71. The summed E-state index contributed by atoms with van der Waals surface area (Å²) in [6.45, 7) is 1.97. The molecule has 1 aromatic rings. The molecule has 0 fully saturated rings. The van der Waals surface area contributed by atoms with E-state index in [0.29, 0.717) is 6.42 Å². The van der Waals surface area contributed by atoms with Crippen LogP contribution in [-0.2, 0) is 16.4 Å². The quantitative estimate of drug-likeness (QED) is 0.744. The predicted octanol–water partition coefficient (Wildman–Crippen LogP) is 1.31. The molecular formula is C9H13NO3S. The van der Waals surface area contributed by atoms with E-state index in [0.717, 1.165) is 12.0 Å². The molecule has 2 N–H and O–H groups in total. The number of aryl methyl sites for hydroxylation is 1. The number of hydrogen-bond donors (Lipinski definition) is 2. The largest absolute Gasteiger partial charge is 0.302 e. The van der Waals surface area contributed by atoms with Gasteiger partial charge in [0.25, 0.3) is 10.0 Å². The molecule has 1 rings (SSSR count). The molecule has 0 aliphatic rings. The Balaban J connectivity index is 3.20. The van der Waals surface area contributed by atoms with Crippen LogP contribution < -0.4 is 4.89 Å². The summed E-state index contributed by atoms with van der Waals surface area (Å²) in [5.74, 6) is 0. The van der Waals surface area contributed by atoms with Crippen molar-refractivity contribution in [2.45, 2.75) is 24.7 Å². The molecule has 0 unspecified atom stereocenters. The van der Waals surface area contributed by atoms with Crippen molar-refractivity contribution in [2.24, 2.45) is 0 Å². The van der Waals surface area contributed by atoms with Crippen molar-refractivity contribution < 1.29 is 13.6 Å². The monoisotopic (exact) mass is 215 g/mol. The smallest absolute Gasteiger partial charge is 0.262 e. The minimum atomic E-state index is -3.75. The molecular weight excluding hydrogens is 202 g/mol. The molecule has 0 amide bonds. The standard InChI is InChI=1S/C9H13NO3S/c1-2-5-8-6-3-4-7-9(8)14(12,13)10-11/h3-4,6-7,10-11H,2,5H2,1H3. The van der Waals surface area contributed by atoms with Crippen molar-refractivity contribution in [1.82, 2.24) is 4.89 Å². The Hall–Kier alpha value is -0.910. The molecule has 0 atom stereocenters. The minimum Gasteiger partial charge on any atom is -0.302 e. The van der Waals surface area contributed by atoms with Crippen LogP contribution in [0.25, 0.3) is 0 Å². The molecule has 78 valence electrons. The van der Waals surface area contributed by atoms with Crippen LogP contribution in [0.15, 0.2) is 29.2 Å². The van der Waals surface area contributed by atoms with Crippen LogP contribution in [0.4, 0.5) is 0 Å². The Bertz CT molecular complexity index is 400. The normalized spacial score (nSPS) is 11.6. The van der Waals surface area contributed by atoms with Gasteiger partial charge in [0.1, 0.15) is 0 Å². The van der Waals surface area contributed by atoms with Gasteiger partial charge in [0.05, 0.1) is 4.90 Å². The summed E-state index contributed by atoms with van der Waals surface area (Å²) in [6.07, 6.45) is 1.54. The number of sulfonamides is 1. The maximum atomic E-state index is 11.3. The van der Waals surface area contributed by atoms with E-state index < -0.39 is 10.0 Å². The summed E-state index contributed by atoms with van der Waals surface area (Å²) in [6, 6.07) is 6.63. The van der Waals surface area contributed by atoms with Crippen LogP contribution in [0.1, 0.15) is 18.9 Å². The predicted molar refractivity (Wildman–Crippen MR) is 52.5 cm³/mol. The van der Waals surface area contributed by atoms with Gasteiger partial charge in [0.15, 0.2) is 0 Å². The second-order valence-corrected chi connectivity index (χ2v) is 4.58. The van der Waals surface area contributed by atoms with E-state index in [1.165, 1.54) is 11.0 Å². The van der Waals surface area contributed by atoms with Gasteiger partial charge in [-0.15, -0.1) is 0 Å². The van der Waals surface area contributed by atoms with Crippen molar-refractivity contribution >= 4 is 10.0 Å². The first-order valence-corrected chi connectivity index (χ1v) is 5.84. The molecule has 0 aromatic heterocycles. The van der Waals surface area contributed by atoms with Crippen LogP contribution >= 0.6 is 0 Å². The van der Waals surface area contributed by atoms with E-state index in [-0.39, 0.29) is 4.90 Å². The Morgan fingerprint density at radius 1 is 1.36 bits per heavy atom. The van der Waals surface area contributed by atoms with E-state index in [2.05, 4.69) is 0 Å². The Labute approximate surface area is 83.6 Å². The molecule has 0 bridgehead atoms. The third-order valence-electron chi connectivity index (χ3n) is 1.90. The second-order valence-electron chi connectivity index (χ2n) is 2.95. The first-order chi connectivity index (χ1) is 6.61. The van der Waals surface area contributed by atoms with Crippen LogP contribution in [0, 0.1) is 0 Å². The summed E-state index contributed by atoms with van der Waals surface area (Å²) in [5.41, 5.74) is 0.719. The molecule has 14 heavy (non-hydrogen) atoms. The number of hydrogen-bond acceptors (Lipinski definition) is 3. The van der Waals surface area contributed by atoms with Gasteiger partial charge in [-0.25, -0.2) is 8.42 Å². The van der Waals surface area contributed by atoms with Gasteiger partial charge in [-0.2, -0.15) is 0 Å². The molecule has 0 saturated heterocycles. The summed E-state index contributed by atoms with van der Waals surface area (Å²) in [5, 5.41) is 8.50. The fourth-order valence-corrected chi connectivity index (χ4v) is 2.16. The summed E-state index contributed by atoms with van der Waals surface area (Å²) < 4.78 is 22.7. The van der Waals surface area contributed by atoms with E-state index >= 15 is 0 Å². The van der Waals surface area contributed by atoms with Crippen molar-refractivity contribution in [2.75, 3.05) is 0 Å². The van der Waals surface area contributed by atoms with Gasteiger partial charge in [-0.05, 0) is 18.1 Å². The van der Waals surface area contributed by atoms with E-state index in [9.17, 15) is 8.42 Å². The van der Waals surface area contributed by atoms with Crippen molar-refractivity contribution in [3.63, 3.8) is 0 Å². The first-order valence-electron chi connectivity index (χ1n) is 4.35. The fourth-order valence-electron chi connectivity index (χ4n) is 1.29. The van der Waals surface area contributed by atoms with Crippen LogP contribution in [0.3, 0.4) is 0 Å². The maximum Gasteiger partial charge on any atom is 0.262 e. The van der Waals surface area contributed by atoms with Gasteiger partial charge in [0, 0.05) is 0 Å². The zero-order chi connectivity index (χ0) is 10.6. The lowest BCUT2D eigenvalue weighted by Crippen LogP contribution is -2.20. The highest BCUT2D eigenvalue weighted by Gasteiger charge is 2.15. The molecule has 0 aliphatic carbocycles. The summed E-state index contributed by atoms with van der Waals surface area (Å²) in [4.78, 5) is 1.47. The molecule has 5 heteroatoms. The molecule has 4 nitrogen and oxygen atoms in total. The molecule has 0 saturated carbocycles. The Kier molecular flexibility index (Phi) is 3.62. The highest BCUT2D eigenvalue weighted by Crippen LogP contribution is 2.16. The maximum absolute atomic E-state index is 11.3. The van der Waals surface area contributed by atoms with Crippen molar-refractivity contribution in [3.05, 3.63) is 29.8 Å². The summed E-state index contributed by atoms with van der Waals surface area (Å²) in [7, 11) is -3.75. The highest BCUT2D eigenvalue weighted by molar-refractivity contribution is 7.89. The van der Waals surface area contributed by atoms with Gasteiger partial charge in [0.2, 0.25) is 0 Å². The topological polar surface area (TPSA) is 66.4 Å². The molecule has 0 aliphatic heterocycles. The lowest BCUT2D eigenvalue weighted by atomic mass is 10.1. The Morgan fingerprint density at radius 3 is 2.57 bits per heavy atom. The van der Waals surface area contributed by atoms with Crippen molar-refractivity contribution in [3.8, 4) is 0 Å². The summed E-state index contributed by atoms with van der Waals surface area (Å²) >= 11 is 0. The average molecular weight is 215 g/mol. The van der Waals surface area contributed by atoms with Gasteiger partial charge >= 0.3 is 0 Å². The van der Waals surface area contributed by atoms with Crippen molar-refractivity contribution in [1.29, 1.82) is 0 Å². The lowest BCUT2D eigenvalue weighted by molar-refractivity contribution is 0.242. The molecule has 0 radical (unpaired) electrons. The average Bonchev–Trinajstić information content (AvgIpc) is 2.19. The zero-order valence-electron chi connectivity index (χ0n) is 7.90. The number of nitrogens with one attached hydrogen (secondary N) is 1. The molecule has 1 aromatic carbocycles. The Morgan fingerprint density at radius 2 is 2.00 bits per heavy atom.